The number of rotatable bonds is 7. The van der Waals surface area contributed by atoms with Crippen molar-refractivity contribution in [3.05, 3.63) is 0 Å². The Kier molecular flexibility index (Phi) is 7.17. The Morgan fingerprint density at radius 3 is 2.75 bits per heavy atom. The van der Waals surface area contributed by atoms with Crippen LogP contribution < -0.4 is 10.6 Å². The summed E-state index contributed by atoms with van der Waals surface area (Å²) in [6.07, 6.45) is 3.89. The van der Waals surface area contributed by atoms with Crippen molar-refractivity contribution in [2.45, 2.75) is 32.6 Å². The van der Waals surface area contributed by atoms with E-state index in [2.05, 4.69) is 22.5 Å². The molecule has 0 aromatic rings. The van der Waals surface area contributed by atoms with Crippen molar-refractivity contribution >= 4 is 5.91 Å². The van der Waals surface area contributed by atoms with Crippen LogP contribution in [0.1, 0.15) is 32.6 Å². The topological polar surface area (TPSA) is 44.4 Å². The molecule has 1 heterocycles. The fraction of sp³-hybridized carbons (Fsp3) is 0.917. The van der Waals surface area contributed by atoms with E-state index < -0.39 is 0 Å². The van der Waals surface area contributed by atoms with Crippen LogP contribution in [0.2, 0.25) is 0 Å². The Hall–Kier alpha value is -0.610. The fourth-order valence-electron chi connectivity index (χ4n) is 1.89. The van der Waals surface area contributed by atoms with Crippen molar-refractivity contribution in [2.75, 3.05) is 39.3 Å². The van der Waals surface area contributed by atoms with Crippen molar-refractivity contribution in [2.24, 2.45) is 0 Å². The molecule has 0 radical (unpaired) electrons. The minimum atomic E-state index is 0.212. The van der Waals surface area contributed by atoms with E-state index >= 15 is 0 Å². The summed E-state index contributed by atoms with van der Waals surface area (Å²) in [6.45, 7) is 8.45. The van der Waals surface area contributed by atoms with Gasteiger partial charge in [-0.3, -0.25) is 4.79 Å². The van der Waals surface area contributed by atoms with E-state index in [1.54, 1.807) is 0 Å². The molecule has 1 fully saturated rings. The van der Waals surface area contributed by atoms with Crippen molar-refractivity contribution in [3.63, 3.8) is 0 Å². The summed E-state index contributed by atoms with van der Waals surface area (Å²) >= 11 is 0. The lowest BCUT2D eigenvalue weighted by Gasteiger charge is -2.26. The predicted molar refractivity (Wildman–Crippen MR) is 66.5 cm³/mol. The van der Waals surface area contributed by atoms with Gasteiger partial charge in [-0.15, -0.1) is 0 Å². The fourth-order valence-corrected chi connectivity index (χ4v) is 1.89. The third-order valence-electron chi connectivity index (χ3n) is 2.94. The second-order valence-electron chi connectivity index (χ2n) is 4.40. The van der Waals surface area contributed by atoms with Crippen molar-refractivity contribution in [1.82, 2.24) is 15.5 Å². The summed E-state index contributed by atoms with van der Waals surface area (Å²) in [5.74, 6) is 0.212. The van der Waals surface area contributed by atoms with Crippen LogP contribution in [0.5, 0.6) is 0 Å². The first-order valence-electron chi connectivity index (χ1n) is 6.52. The average Bonchev–Trinajstić information content (AvgIpc) is 2.31. The molecule has 1 saturated heterocycles. The quantitative estimate of drug-likeness (QED) is 0.626. The summed E-state index contributed by atoms with van der Waals surface area (Å²) in [5.41, 5.74) is 0. The summed E-state index contributed by atoms with van der Waals surface area (Å²) < 4.78 is 0. The number of hydrogen-bond donors (Lipinski definition) is 2. The molecular weight excluding hydrogens is 202 g/mol. The molecule has 1 aliphatic rings. The van der Waals surface area contributed by atoms with Crippen molar-refractivity contribution in [3.8, 4) is 0 Å². The number of carbonyl (C=O) groups excluding carboxylic acids is 1. The SMILES string of the molecule is CCCCNC(=O)CCCN1CCNCC1. The van der Waals surface area contributed by atoms with E-state index in [0.29, 0.717) is 6.42 Å². The first-order chi connectivity index (χ1) is 7.83. The highest BCUT2D eigenvalue weighted by Gasteiger charge is 2.09. The lowest BCUT2D eigenvalue weighted by Crippen LogP contribution is -2.43. The molecule has 0 atom stereocenters. The Balaban J connectivity index is 1.94. The second-order valence-corrected chi connectivity index (χ2v) is 4.40. The van der Waals surface area contributed by atoms with E-state index in [0.717, 1.165) is 58.5 Å². The van der Waals surface area contributed by atoms with E-state index in [1.165, 1.54) is 0 Å². The molecular formula is C12H25N3O. The standard InChI is InChI=1S/C12H25N3O/c1-2-3-6-14-12(16)5-4-9-15-10-7-13-8-11-15/h13H,2-11H2,1H3,(H,14,16). The predicted octanol–water partition coefficient (Wildman–Crippen LogP) is 0.588. The number of unbranched alkanes of at least 4 members (excludes halogenated alkanes) is 1. The van der Waals surface area contributed by atoms with Crippen LogP contribution in [-0.4, -0.2) is 50.1 Å². The van der Waals surface area contributed by atoms with E-state index in [-0.39, 0.29) is 5.91 Å². The van der Waals surface area contributed by atoms with Gasteiger partial charge in [0, 0.05) is 39.1 Å². The van der Waals surface area contributed by atoms with E-state index in [4.69, 9.17) is 0 Å². The molecule has 4 heteroatoms. The van der Waals surface area contributed by atoms with Crippen LogP contribution in [0.4, 0.5) is 0 Å². The molecule has 16 heavy (non-hydrogen) atoms. The van der Waals surface area contributed by atoms with Gasteiger partial charge < -0.3 is 15.5 Å². The highest BCUT2D eigenvalue weighted by atomic mass is 16.1. The zero-order valence-corrected chi connectivity index (χ0v) is 10.4. The molecule has 1 rings (SSSR count). The van der Waals surface area contributed by atoms with Crippen LogP contribution in [0, 0.1) is 0 Å². The largest absolute Gasteiger partial charge is 0.356 e. The Morgan fingerprint density at radius 1 is 1.31 bits per heavy atom. The van der Waals surface area contributed by atoms with Gasteiger partial charge in [0.2, 0.25) is 5.91 Å². The average molecular weight is 227 g/mol. The first-order valence-corrected chi connectivity index (χ1v) is 6.52. The number of piperazine rings is 1. The van der Waals surface area contributed by atoms with E-state index in [9.17, 15) is 4.79 Å². The van der Waals surface area contributed by atoms with Gasteiger partial charge in [0.15, 0.2) is 0 Å². The number of nitrogens with one attached hydrogen (secondary N) is 2. The lowest BCUT2D eigenvalue weighted by molar-refractivity contribution is -0.121. The minimum Gasteiger partial charge on any atom is -0.356 e. The van der Waals surface area contributed by atoms with Gasteiger partial charge in [-0.05, 0) is 19.4 Å². The number of hydrogen-bond acceptors (Lipinski definition) is 3. The smallest absolute Gasteiger partial charge is 0.220 e. The van der Waals surface area contributed by atoms with Crippen molar-refractivity contribution < 1.29 is 4.79 Å². The van der Waals surface area contributed by atoms with Gasteiger partial charge in [0.1, 0.15) is 0 Å². The lowest BCUT2D eigenvalue weighted by atomic mass is 10.2. The van der Waals surface area contributed by atoms with Crippen LogP contribution in [0.3, 0.4) is 0 Å². The summed E-state index contributed by atoms with van der Waals surface area (Å²) in [5, 5.41) is 6.28. The van der Waals surface area contributed by atoms with E-state index in [1.807, 2.05) is 0 Å². The van der Waals surface area contributed by atoms with Crippen LogP contribution in [0.15, 0.2) is 0 Å². The van der Waals surface area contributed by atoms with Crippen LogP contribution in [-0.2, 0) is 4.79 Å². The molecule has 0 saturated carbocycles. The molecule has 0 spiro atoms. The monoisotopic (exact) mass is 227 g/mol. The molecule has 0 aromatic heterocycles. The molecule has 0 unspecified atom stereocenters. The Labute approximate surface area is 98.8 Å². The third kappa shape index (κ3) is 6.08. The van der Waals surface area contributed by atoms with Gasteiger partial charge in [-0.2, -0.15) is 0 Å². The number of amides is 1. The highest BCUT2D eigenvalue weighted by Crippen LogP contribution is 1.97. The number of nitrogens with zero attached hydrogens (tertiary/aromatic N) is 1. The van der Waals surface area contributed by atoms with Gasteiger partial charge in [0.25, 0.3) is 0 Å². The molecule has 1 amide bonds. The molecule has 2 N–H and O–H groups in total. The molecule has 0 aromatic carbocycles. The van der Waals surface area contributed by atoms with Gasteiger partial charge in [-0.1, -0.05) is 13.3 Å². The maximum absolute atomic E-state index is 11.4. The minimum absolute atomic E-state index is 0.212. The zero-order valence-electron chi connectivity index (χ0n) is 10.4. The van der Waals surface area contributed by atoms with Gasteiger partial charge in [-0.25, -0.2) is 0 Å². The molecule has 4 nitrogen and oxygen atoms in total. The summed E-state index contributed by atoms with van der Waals surface area (Å²) in [6, 6.07) is 0. The van der Waals surface area contributed by atoms with Gasteiger partial charge >= 0.3 is 0 Å². The second kappa shape index (κ2) is 8.53. The molecule has 0 aliphatic carbocycles. The zero-order chi connectivity index (χ0) is 11.6. The molecule has 0 bridgehead atoms. The molecule has 94 valence electrons. The maximum atomic E-state index is 11.4. The van der Waals surface area contributed by atoms with Crippen LogP contribution in [0.25, 0.3) is 0 Å². The Morgan fingerprint density at radius 2 is 2.06 bits per heavy atom. The maximum Gasteiger partial charge on any atom is 0.220 e. The summed E-state index contributed by atoms with van der Waals surface area (Å²) in [7, 11) is 0. The van der Waals surface area contributed by atoms with Gasteiger partial charge in [0.05, 0.1) is 0 Å². The molecule has 1 aliphatic heterocycles. The Bertz CT molecular complexity index is 191. The first kappa shape index (κ1) is 13.5. The number of carbonyl (C=O) groups is 1. The van der Waals surface area contributed by atoms with Crippen LogP contribution >= 0.6 is 0 Å². The summed E-state index contributed by atoms with van der Waals surface area (Å²) in [4.78, 5) is 13.8. The van der Waals surface area contributed by atoms with Crippen molar-refractivity contribution in [1.29, 1.82) is 0 Å². The third-order valence-corrected chi connectivity index (χ3v) is 2.94. The highest BCUT2D eigenvalue weighted by molar-refractivity contribution is 5.75. The normalized spacial score (nSPS) is 17.3.